The number of aromatic nitrogens is 1. The fraction of sp³-hybridized carbons (Fsp3) is 0.100. The van der Waals surface area contributed by atoms with Crippen LogP contribution in [0.3, 0.4) is 0 Å². The van der Waals surface area contributed by atoms with Crippen LogP contribution in [-0.4, -0.2) is 23.1 Å². The van der Waals surface area contributed by atoms with E-state index in [9.17, 15) is 14.9 Å². The summed E-state index contributed by atoms with van der Waals surface area (Å²) in [6, 6.07) is 11.7. The molecule has 144 valence electrons. The lowest BCUT2D eigenvalue weighted by Crippen LogP contribution is -2.21. The van der Waals surface area contributed by atoms with Gasteiger partial charge in [0, 0.05) is 17.4 Å². The molecule has 1 aromatic carbocycles. The molecule has 0 aliphatic rings. The lowest BCUT2D eigenvalue weighted by molar-refractivity contribution is -0.119. The lowest BCUT2D eigenvalue weighted by Gasteiger charge is -2.08. The highest BCUT2D eigenvalue weighted by molar-refractivity contribution is 6.31. The number of esters is 1. The highest BCUT2D eigenvalue weighted by Crippen LogP contribution is 2.26. The first-order chi connectivity index (χ1) is 13.9. The van der Waals surface area contributed by atoms with Gasteiger partial charge >= 0.3 is 5.97 Å². The van der Waals surface area contributed by atoms with Gasteiger partial charge in [-0.2, -0.15) is 10.5 Å². The standard InChI is InChI=1S/C20H13ClN4O4/c1-12-18(15(10-23)19(29-12)25-6-2-3-7-25)20(27)28-11-17(26)24-16-8-14(21)5-4-13(16)9-22/h2-8H,11H2,1H3,(H,24,26). The molecule has 2 aromatic heterocycles. The number of aryl methyl sites for hydroxylation is 1. The molecular weight excluding hydrogens is 396 g/mol. The first-order valence-electron chi connectivity index (χ1n) is 8.28. The van der Waals surface area contributed by atoms with Crippen molar-refractivity contribution in [3.63, 3.8) is 0 Å². The number of hydrogen-bond acceptors (Lipinski definition) is 6. The Kier molecular flexibility index (Phi) is 5.68. The van der Waals surface area contributed by atoms with E-state index in [1.165, 1.54) is 25.1 Å². The average Bonchev–Trinajstić information content (AvgIpc) is 3.33. The van der Waals surface area contributed by atoms with Crippen LogP contribution in [-0.2, 0) is 9.53 Å². The van der Waals surface area contributed by atoms with Gasteiger partial charge in [0.1, 0.15) is 29.0 Å². The summed E-state index contributed by atoms with van der Waals surface area (Å²) in [6.45, 7) is 0.903. The Hall–Kier alpha value is -4.01. The molecule has 0 bridgehead atoms. The summed E-state index contributed by atoms with van der Waals surface area (Å²) in [5.41, 5.74) is 0.367. The van der Waals surface area contributed by atoms with Crippen molar-refractivity contribution in [3.05, 3.63) is 70.2 Å². The van der Waals surface area contributed by atoms with E-state index in [1.54, 1.807) is 29.1 Å². The van der Waals surface area contributed by atoms with Crippen LogP contribution in [0.5, 0.6) is 0 Å². The Balaban J connectivity index is 1.74. The summed E-state index contributed by atoms with van der Waals surface area (Å²) in [6.07, 6.45) is 3.33. The number of amides is 1. The second-order valence-electron chi connectivity index (χ2n) is 5.84. The predicted octanol–water partition coefficient (Wildman–Crippen LogP) is 3.57. The molecule has 1 amide bonds. The molecule has 2 heterocycles. The molecule has 0 saturated heterocycles. The number of nitriles is 2. The maximum Gasteiger partial charge on any atom is 0.343 e. The molecule has 29 heavy (non-hydrogen) atoms. The Morgan fingerprint density at radius 1 is 1.24 bits per heavy atom. The topological polar surface area (TPSA) is 121 Å². The van der Waals surface area contributed by atoms with Gasteiger partial charge in [-0.15, -0.1) is 0 Å². The van der Waals surface area contributed by atoms with Crippen LogP contribution < -0.4 is 5.32 Å². The molecule has 9 heteroatoms. The summed E-state index contributed by atoms with van der Waals surface area (Å²) < 4.78 is 12.1. The molecule has 0 unspecified atom stereocenters. The SMILES string of the molecule is Cc1oc(-n2cccc2)c(C#N)c1C(=O)OCC(=O)Nc1cc(Cl)ccc1C#N. The Bertz CT molecular complexity index is 1170. The Morgan fingerprint density at radius 3 is 2.62 bits per heavy atom. The zero-order valence-electron chi connectivity index (χ0n) is 15.1. The number of benzene rings is 1. The molecule has 8 nitrogen and oxygen atoms in total. The van der Waals surface area contributed by atoms with Crippen LogP contribution in [0, 0.1) is 29.6 Å². The number of nitrogens with one attached hydrogen (secondary N) is 1. The molecule has 0 atom stereocenters. The quantitative estimate of drug-likeness (QED) is 0.644. The van der Waals surface area contributed by atoms with E-state index in [-0.39, 0.29) is 34.0 Å². The van der Waals surface area contributed by atoms with Crippen LogP contribution in [0.25, 0.3) is 5.88 Å². The first-order valence-corrected chi connectivity index (χ1v) is 8.66. The molecule has 0 fully saturated rings. The van der Waals surface area contributed by atoms with Gasteiger partial charge in [0.25, 0.3) is 5.91 Å². The molecule has 0 aliphatic carbocycles. The van der Waals surface area contributed by atoms with E-state index in [1.807, 2.05) is 12.1 Å². The van der Waals surface area contributed by atoms with Crippen molar-refractivity contribution in [2.24, 2.45) is 0 Å². The van der Waals surface area contributed by atoms with Crippen molar-refractivity contribution in [2.75, 3.05) is 11.9 Å². The third-order valence-corrected chi connectivity index (χ3v) is 4.17. The summed E-state index contributed by atoms with van der Waals surface area (Å²) in [5.74, 6) is -1.16. The molecule has 0 aliphatic heterocycles. The molecular formula is C20H13ClN4O4. The van der Waals surface area contributed by atoms with Crippen LogP contribution in [0.1, 0.15) is 27.2 Å². The average molecular weight is 409 g/mol. The van der Waals surface area contributed by atoms with Crippen LogP contribution in [0.15, 0.2) is 47.1 Å². The summed E-state index contributed by atoms with van der Waals surface area (Å²) in [7, 11) is 0. The Labute approximate surface area is 170 Å². The highest BCUT2D eigenvalue weighted by Gasteiger charge is 2.26. The van der Waals surface area contributed by atoms with Crippen LogP contribution >= 0.6 is 11.6 Å². The zero-order chi connectivity index (χ0) is 21.0. The number of hydrogen-bond donors (Lipinski definition) is 1. The van der Waals surface area contributed by atoms with Crippen molar-refractivity contribution in [2.45, 2.75) is 6.92 Å². The minimum absolute atomic E-state index is 0.00529. The number of nitrogens with zero attached hydrogens (tertiary/aromatic N) is 3. The van der Waals surface area contributed by atoms with Crippen LogP contribution in [0.4, 0.5) is 5.69 Å². The predicted molar refractivity (Wildman–Crippen MR) is 103 cm³/mol. The van der Waals surface area contributed by atoms with Crippen molar-refractivity contribution >= 4 is 29.2 Å². The number of anilines is 1. The summed E-state index contributed by atoms with van der Waals surface area (Å²) >= 11 is 5.87. The van der Waals surface area contributed by atoms with Crippen molar-refractivity contribution in [1.82, 2.24) is 4.57 Å². The molecule has 1 N–H and O–H groups in total. The number of carbonyl (C=O) groups excluding carboxylic acids is 2. The molecule has 0 radical (unpaired) electrons. The first kappa shape index (κ1) is 19.7. The van der Waals surface area contributed by atoms with E-state index < -0.39 is 18.5 Å². The van der Waals surface area contributed by atoms with Crippen molar-refractivity contribution in [1.29, 1.82) is 10.5 Å². The normalized spacial score (nSPS) is 10.1. The van der Waals surface area contributed by atoms with Gasteiger partial charge in [0.05, 0.1) is 11.3 Å². The molecule has 0 saturated carbocycles. The molecule has 3 aromatic rings. The third-order valence-electron chi connectivity index (χ3n) is 3.93. The number of rotatable bonds is 5. The van der Waals surface area contributed by atoms with Crippen molar-refractivity contribution < 1.29 is 18.7 Å². The fourth-order valence-corrected chi connectivity index (χ4v) is 2.81. The number of ether oxygens (including phenoxy) is 1. The number of furan rings is 1. The fourth-order valence-electron chi connectivity index (χ4n) is 2.64. The van der Waals surface area contributed by atoms with Crippen LogP contribution in [0.2, 0.25) is 5.02 Å². The number of carbonyl (C=O) groups is 2. The van der Waals surface area contributed by atoms with Gasteiger partial charge in [0.2, 0.25) is 5.88 Å². The van der Waals surface area contributed by atoms with Gasteiger partial charge in [-0.3, -0.25) is 9.36 Å². The third kappa shape index (κ3) is 4.13. The summed E-state index contributed by atoms with van der Waals surface area (Å²) in [5, 5.41) is 21.3. The van der Waals surface area contributed by atoms with E-state index in [0.29, 0.717) is 5.02 Å². The number of halogens is 1. The monoisotopic (exact) mass is 408 g/mol. The van der Waals surface area contributed by atoms with E-state index >= 15 is 0 Å². The maximum atomic E-state index is 12.5. The smallest absolute Gasteiger partial charge is 0.343 e. The lowest BCUT2D eigenvalue weighted by atomic mass is 10.1. The van der Waals surface area contributed by atoms with E-state index in [2.05, 4.69) is 5.32 Å². The van der Waals surface area contributed by atoms with Gasteiger partial charge in [-0.25, -0.2) is 4.79 Å². The second-order valence-corrected chi connectivity index (χ2v) is 6.28. The highest BCUT2D eigenvalue weighted by atomic mass is 35.5. The largest absolute Gasteiger partial charge is 0.452 e. The van der Waals surface area contributed by atoms with E-state index in [4.69, 9.17) is 26.0 Å². The minimum atomic E-state index is -0.872. The van der Waals surface area contributed by atoms with Crippen molar-refractivity contribution in [3.8, 4) is 18.0 Å². The Morgan fingerprint density at radius 2 is 1.97 bits per heavy atom. The van der Waals surface area contributed by atoms with Gasteiger partial charge in [-0.05, 0) is 37.3 Å². The summed E-state index contributed by atoms with van der Waals surface area (Å²) in [4.78, 5) is 24.6. The van der Waals surface area contributed by atoms with Gasteiger partial charge in [0.15, 0.2) is 6.61 Å². The van der Waals surface area contributed by atoms with Gasteiger partial charge in [-0.1, -0.05) is 11.6 Å². The maximum absolute atomic E-state index is 12.5. The minimum Gasteiger partial charge on any atom is -0.452 e. The van der Waals surface area contributed by atoms with E-state index in [0.717, 1.165) is 0 Å². The van der Waals surface area contributed by atoms with Gasteiger partial charge < -0.3 is 14.5 Å². The molecule has 3 rings (SSSR count). The molecule has 0 spiro atoms. The zero-order valence-corrected chi connectivity index (χ0v) is 15.9. The second kappa shape index (κ2) is 8.34.